The first-order valence-corrected chi connectivity index (χ1v) is 12.4. The largest absolute Gasteiger partial charge is 0.396 e. The van der Waals surface area contributed by atoms with Crippen molar-refractivity contribution in [2.45, 2.75) is 70.2 Å². The summed E-state index contributed by atoms with van der Waals surface area (Å²) in [6.45, 7) is 11.9. The quantitative estimate of drug-likeness (QED) is 0.534. The van der Waals surface area contributed by atoms with Crippen LogP contribution in [0.1, 0.15) is 58.8 Å². The molecule has 0 spiro atoms. The lowest BCUT2D eigenvalue weighted by Gasteiger charge is -2.40. The van der Waals surface area contributed by atoms with E-state index in [0.29, 0.717) is 35.8 Å². The van der Waals surface area contributed by atoms with Crippen molar-refractivity contribution in [2.75, 3.05) is 45.9 Å². The summed E-state index contributed by atoms with van der Waals surface area (Å²) in [6.07, 6.45) is 9.11. The van der Waals surface area contributed by atoms with Crippen LogP contribution in [0.3, 0.4) is 0 Å². The first-order valence-electron chi connectivity index (χ1n) is 12.0. The van der Waals surface area contributed by atoms with Gasteiger partial charge in [0.2, 0.25) is 0 Å². The minimum Gasteiger partial charge on any atom is -0.396 e. The van der Waals surface area contributed by atoms with E-state index in [1.165, 1.54) is 58.2 Å². The van der Waals surface area contributed by atoms with Crippen LogP contribution in [0.25, 0.3) is 0 Å². The molecule has 0 amide bonds. The predicted octanol–water partition coefficient (Wildman–Crippen LogP) is 3.33. The molecule has 3 fully saturated rings. The monoisotopic (exact) mass is 413 g/mol. The van der Waals surface area contributed by atoms with Crippen molar-refractivity contribution in [1.82, 2.24) is 15.5 Å². The van der Waals surface area contributed by atoms with Gasteiger partial charge in [-0.2, -0.15) is 0 Å². The van der Waals surface area contributed by atoms with Crippen LogP contribution in [0, 0.1) is 29.6 Å². The second kappa shape index (κ2) is 11.5. The molecule has 2 heterocycles. The summed E-state index contributed by atoms with van der Waals surface area (Å²) in [5.41, 5.74) is 0. The highest BCUT2D eigenvalue weighted by atomic mass is 35.5. The molecular weight excluding hydrogens is 370 g/mol. The van der Waals surface area contributed by atoms with Gasteiger partial charge in [0.25, 0.3) is 0 Å². The number of halogens is 1. The minimum atomic E-state index is 0.318. The van der Waals surface area contributed by atoms with E-state index in [9.17, 15) is 5.11 Å². The molecule has 0 aromatic heterocycles. The SMILES string of the molecule is CC(C)[C@H](CN1CCC(C2CCC(Cl)CC2)CC1)NCC1CNCC(CO)C1. The summed E-state index contributed by atoms with van der Waals surface area (Å²) in [4.78, 5) is 2.71. The predicted molar refractivity (Wildman–Crippen MR) is 119 cm³/mol. The highest BCUT2D eigenvalue weighted by Crippen LogP contribution is 2.37. The van der Waals surface area contributed by atoms with Gasteiger partial charge in [0, 0.05) is 31.1 Å². The standard InChI is InChI=1S/C23H44ClN3O/c1-17(2)23(26-14-18-11-19(16-28)13-25-12-18)15-27-9-7-21(8-10-27)20-3-5-22(24)6-4-20/h17-23,25-26,28H,3-16H2,1-2H3/t18?,19?,20?,22?,23-/m0/s1. The fraction of sp³-hybridized carbons (Fsp3) is 1.00. The van der Waals surface area contributed by atoms with Gasteiger partial charge in [-0.05, 0) is 101 Å². The maximum Gasteiger partial charge on any atom is 0.0471 e. The molecule has 3 atom stereocenters. The van der Waals surface area contributed by atoms with E-state index in [1.54, 1.807) is 0 Å². The minimum absolute atomic E-state index is 0.318. The molecule has 1 saturated carbocycles. The third kappa shape index (κ3) is 6.84. The maximum absolute atomic E-state index is 9.45. The molecule has 0 aromatic rings. The number of aliphatic hydroxyl groups is 1. The molecule has 28 heavy (non-hydrogen) atoms. The van der Waals surface area contributed by atoms with Crippen LogP contribution in [0.4, 0.5) is 0 Å². The number of hydrogen-bond donors (Lipinski definition) is 3. The molecule has 0 bridgehead atoms. The fourth-order valence-corrected chi connectivity index (χ4v) is 5.94. The Balaban J connectivity index is 1.38. The maximum atomic E-state index is 9.45. The first-order chi connectivity index (χ1) is 13.5. The molecule has 164 valence electrons. The Kier molecular flexibility index (Phi) is 9.37. The van der Waals surface area contributed by atoms with Gasteiger partial charge in [-0.3, -0.25) is 0 Å². The van der Waals surface area contributed by atoms with Crippen molar-refractivity contribution in [3.63, 3.8) is 0 Å². The van der Waals surface area contributed by atoms with Gasteiger partial charge in [-0.25, -0.2) is 0 Å². The van der Waals surface area contributed by atoms with Crippen molar-refractivity contribution in [3.05, 3.63) is 0 Å². The lowest BCUT2D eigenvalue weighted by atomic mass is 9.75. The number of hydrogen-bond acceptors (Lipinski definition) is 4. The number of aliphatic hydroxyl groups excluding tert-OH is 1. The van der Waals surface area contributed by atoms with E-state index < -0.39 is 0 Å². The number of nitrogens with one attached hydrogen (secondary N) is 2. The third-order valence-electron chi connectivity index (χ3n) is 7.72. The fourth-order valence-electron chi connectivity index (χ4n) is 5.69. The summed E-state index contributed by atoms with van der Waals surface area (Å²) >= 11 is 6.30. The Bertz CT molecular complexity index is 434. The third-order valence-corrected chi connectivity index (χ3v) is 8.16. The molecule has 2 aliphatic heterocycles. The number of nitrogens with zero attached hydrogens (tertiary/aromatic N) is 1. The van der Waals surface area contributed by atoms with Crippen LogP contribution in [0.15, 0.2) is 0 Å². The summed E-state index contributed by atoms with van der Waals surface area (Å²) in [7, 11) is 0. The number of rotatable bonds is 8. The van der Waals surface area contributed by atoms with Crippen LogP contribution in [-0.2, 0) is 0 Å². The second-order valence-corrected chi connectivity index (χ2v) is 10.8. The molecule has 3 rings (SSSR count). The Labute approximate surface area is 178 Å². The van der Waals surface area contributed by atoms with Crippen LogP contribution in [0.2, 0.25) is 0 Å². The van der Waals surface area contributed by atoms with E-state index in [1.807, 2.05) is 0 Å². The summed E-state index contributed by atoms with van der Waals surface area (Å²) in [5.74, 6) is 3.62. The average Bonchev–Trinajstić information content (AvgIpc) is 2.72. The molecule has 2 unspecified atom stereocenters. The van der Waals surface area contributed by atoms with Crippen molar-refractivity contribution >= 4 is 11.6 Å². The zero-order chi connectivity index (χ0) is 19.9. The average molecular weight is 414 g/mol. The molecule has 5 heteroatoms. The van der Waals surface area contributed by atoms with Gasteiger partial charge in [0.05, 0.1) is 0 Å². The molecule has 0 aromatic carbocycles. The van der Waals surface area contributed by atoms with Crippen LogP contribution in [-0.4, -0.2) is 67.3 Å². The van der Waals surface area contributed by atoms with Gasteiger partial charge in [-0.15, -0.1) is 11.6 Å². The number of alkyl halides is 1. The lowest BCUT2D eigenvalue weighted by Crippen LogP contribution is -2.50. The van der Waals surface area contributed by atoms with Gasteiger partial charge in [0.1, 0.15) is 0 Å². The van der Waals surface area contributed by atoms with E-state index in [4.69, 9.17) is 11.6 Å². The van der Waals surface area contributed by atoms with E-state index in [2.05, 4.69) is 29.4 Å². The summed E-state index contributed by atoms with van der Waals surface area (Å²) in [5, 5.41) is 17.3. The van der Waals surface area contributed by atoms with Crippen molar-refractivity contribution < 1.29 is 5.11 Å². The van der Waals surface area contributed by atoms with Gasteiger partial charge in [-0.1, -0.05) is 13.8 Å². The zero-order valence-corrected chi connectivity index (χ0v) is 19.0. The van der Waals surface area contributed by atoms with E-state index in [-0.39, 0.29) is 0 Å². The molecular formula is C23H44ClN3O. The highest BCUT2D eigenvalue weighted by molar-refractivity contribution is 6.20. The number of likely N-dealkylation sites (tertiary alicyclic amines) is 1. The van der Waals surface area contributed by atoms with Gasteiger partial charge < -0.3 is 20.6 Å². The summed E-state index contributed by atoms with van der Waals surface area (Å²) < 4.78 is 0. The number of piperidine rings is 2. The normalized spacial score (nSPS) is 34.6. The summed E-state index contributed by atoms with van der Waals surface area (Å²) in [6, 6.07) is 0.567. The Morgan fingerprint density at radius 1 is 1.00 bits per heavy atom. The molecule has 3 aliphatic rings. The first kappa shape index (κ1) is 22.8. The highest BCUT2D eigenvalue weighted by Gasteiger charge is 2.31. The Morgan fingerprint density at radius 3 is 2.29 bits per heavy atom. The molecule has 0 radical (unpaired) electrons. The second-order valence-electron chi connectivity index (χ2n) is 10.2. The molecule has 3 N–H and O–H groups in total. The van der Waals surface area contributed by atoms with E-state index >= 15 is 0 Å². The Morgan fingerprint density at radius 2 is 1.64 bits per heavy atom. The van der Waals surface area contributed by atoms with Crippen molar-refractivity contribution in [1.29, 1.82) is 0 Å². The zero-order valence-electron chi connectivity index (χ0n) is 18.2. The van der Waals surface area contributed by atoms with Gasteiger partial charge >= 0.3 is 0 Å². The smallest absolute Gasteiger partial charge is 0.0471 e. The van der Waals surface area contributed by atoms with Crippen LogP contribution < -0.4 is 10.6 Å². The van der Waals surface area contributed by atoms with Crippen molar-refractivity contribution in [3.8, 4) is 0 Å². The Hall–Kier alpha value is 0.130. The topological polar surface area (TPSA) is 47.5 Å². The lowest BCUT2D eigenvalue weighted by molar-refractivity contribution is 0.111. The van der Waals surface area contributed by atoms with Gasteiger partial charge in [0.15, 0.2) is 0 Å². The van der Waals surface area contributed by atoms with Crippen LogP contribution >= 0.6 is 11.6 Å². The molecule has 2 saturated heterocycles. The van der Waals surface area contributed by atoms with Crippen LogP contribution in [0.5, 0.6) is 0 Å². The molecule has 1 aliphatic carbocycles. The van der Waals surface area contributed by atoms with E-state index in [0.717, 1.165) is 37.9 Å². The molecule has 4 nitrogen and oxygen atoms in total. The van der Waals surface area contributed by atoms with Crippen molar-refractivity contribution in [2.24, 2.45) is 29.6 Å².